The Morgan fingerprint density at radius 1 is 1.21 bits per heavy atom. The molecule has 0 bridgehead atoms. The SMILES string of the molecule is COc1cc2c(cc1OC)C(c1cccs1)N(S(=O)(=O)c1c(C)noc1C)CC2. The number of nitrogens with zero attached hydrogens (tertiary/aromatic N) is 2. The number of rotatable bonds is 5. The summed E-state index contributed by atoms with van der Waals surface area (Å²) in [5, 5.41) is 5.79. The average Bonchev–Trinajstić information content (AvgIpc) is 3.35. The van der Waals surface area contributed by atoms with Crippen molar-refractivity contribution in [3.63, 3.8) is 0 Å². The van der Waals surface area contributed by atoms with Crippen molar-refractivity contribution in [3.8, 4) is 11.5 Å². The van der Waals surface area contributed by atoms with E-state index in [0.717, 1.165) is 16.0 Å². The van der Waals surface area contributed by atoms with Crippen LogP contribution in [0.3, 0.4) is 0 Å². The number of hydrogen-bond donors (Lipinski definition) is 0. The molecule has 2 aromatic heterocycles. The monoisotopic (exact) mass is 434 g/mol. The van der Waals surface area contributed by atoms with E-state index in [0.29, 0.717) is 35.9 Å². The number of hydrogen-bond acceptors (Lipinski definition) is 7. The number of thiophene rings is 1. The van der Waals surface area contributed by atoms with Crippen LogP contribution in [0.2, 0.25) is 0 Å². The molecule has 0 aliphatic carbocycles. The molecule has 0 spiro atoms. The number of sulfonamides is 1. The molecule has 1 unspecified atom stereocenters. The topological polar surface area (TPSA) is 81.9 Å². The zero-order chi connectivity index (χ0) is 20.8. The van der Waals surface area contributed by atoms with Crippen LogP contribution in [0, 0.1) is 13.8 Å². The first-order valence-corrected chi connectivity index (χ1v) is 11.4. The second kappa shape index (κ2) is 7.47. The molecule has 29 heavy (non-hydrogen) atoms. The van der Waals surface area contributed by atoms with Gasteiger partial charge in [-0.3, -0.25) is 0 Å². The van der Waals surface area contributed by atoms with Gasteiger partial charge in [-0.05, 0) is 55.0 Å². The number of benzene rings is 1. The smallest absolute Gasteiger partial charge is 0.249 e. The van der Waals surface area contributed by atoms with Gasteiger partial charge in [-0.1, -0.05) is 11.2 Å². The molecule has 0 amide bonds. The van der Waals surface area contributed by atoms with Crippen molar-refractivity contribution in [2.45, 2.75) is 31.2 Å². The molecule has 7 nitrogen and oxygen atoms in total. The Morgan fingerprint density at radius 2 is 1.93 bits per heavy atom. The van der Waals surface area contributed by atoms with Crippen LogP contribution in [0.15, 0.2) is 39.1 Å². The third-order valence-corrected chi connectivity index (χ3v) is 8.21. The quantitative estimate of drug-likeness (QED) is 0.609. The van der Waals surface area contributed by atoms with Gasteiger partial charge in [0.1, 0.15) is 10.6 Å². The van der Waals surface area contributed by atoms with Gasteiger partial charge in [0.15, 0.2) is 17.3 Å². The van der Waals surface area contributed by atoms with Gasteiger partial charge in [0.2, 0.25) is 10.0 Å². The molecule has 3 heterocycles. The van der Waals surface area contributed by atoms with Crippen LogP contribution in [0.25, 0.3) is 0 Å². The largest absolute Gasteiger partial charge is 0.493 e. The van der Waals surface area contributed by atoms with E-state index in [-0.39, 0.29) is 4.90 Å². The third kappa shape index (κ3) is 3.23. The van der Waals surface area contributed by atoms with Gasteiger partial charge < -0.3 is 14.0 Å². The molecule has 1 aliphatic heterocycles. The normalized spacial score (nSPS) is 17.2. The summed E-state index contributed by atoms with van der Waals surface area (Å²) in [6.07, 6.45) is 0.570. The zero-order valence-corrected chi connectivity index (χ0v) is 18.3. The highest BCUT2D eigenvalue weighted by Gasteiger charge is 2.41. The Hall–Kier alpha value is -2.36. The van der Waals surface area contributed by atoms with Crippen molar-refractivity contribution in [2.75, 3.05) is 20.8 Å². The number of ether oxygens (including phenoxy) is 2. The first-order valence-electron chi connectivity index (χ1n) is 9.11. The molecule has 1 aromatic carbocycles. The molecule has 4 rings (SSSR count). The molecule has 9 heteroatoms. The summed E-state index contributed by atoms with van der Waals surface area (Å²) >= 11 is 1.52. The highest BCUT2D eigenvalue weighted by Crippen LogP contribution is 2.44. The van der Waals surface area contributed by atoms with Crippen LogP contribution < -0.4 is 9.47 Å². The fourth-order valence-electron chi connectivity index (χ4n) is 3.88. The summed E-state index contributed by atoms with van der Waals surface area (Å²) in [7, 11) is -0.651. The van der Waals surface area contributed by atoms with E-state index in [4.69, 9.17) is 14.0 Å². The Balaban J connectivity index is 1.91. The number of methoxy groups -OCH3 is 2. The van der Waals surface area contributed by atoms with Crippen molar-refractivity contribution in [3.05, 3.63) is 57.1 Å². The molecule has 154 valence electrons. The fraction of sp³-hybridized carbons (Fsp3) is 0.350. The molecule has 0 N–H and O–H groups in total. The summed E-state index contributed by atoms with van der Waals surface area (Å²) in [5.41, 5.74) is 2.31. The van der Waals surface area contributed by atoms with Gasteiger partial charge in [0.25, 0.3) is 0 Å². The lowest BCUT2D eigenvalue weighted by Gasteiger charge is -2.36. The standard InChI is InChI=1S/C20H22N2O5S2/c1-12-20(13(2)27-21-12)29(23,24)22-8-7-14-10-16(25-3)17(26-4)11-15(14)19(22)18-6-5-9-28-18/h5-6,9-11,19H,7-8H2,1-4H3. The lowest BCUT2D eigenvalue weighted by atomic mass is 9.92. The third-order valence-electron chi connectivity index (χ3n) is 5.18. The maximum Gasteiger partial charge on any atom is 0.249 e. The molecule has 3 aromatic rings. The van der Waals surface area contributed by atoms with Crippen molar-refractivity contribution >= 4 is 21.4 Å². The van der Waals surface area contributed by atoms with Gasteiger partial charge >= 0.3 is 0 Å². The summed E-state index contributed by atoms with van der Waals surface area (Å²) in [5.74, 6) is 1.51. The Kier molecular flexibility index (Phi) is 5.14. The summed E-state index contributed by atoms with van der Waals surface area (Å²) in [6.45, 7) is 3.62. The molecular weight excluding hydrogens is 412 g/mol. The van der Waals surface area contributed by atoms with E-state index in [1.54, 1.807) is 32.4 Å². The Labute approximate surface area is 173 Å². The molecular formula is C20H22N2O5S2. The van der Waals surface area contributed by atoms with Crippen LogP contribution in [0.4, 0.5) is 0 Å². The second-order valence-electron chi connectivity index (χ2n) is 6.84. The molecule has 1 atom stereocenters. The summed E-state index contributed by atoms with van der Waals surface area (Å²) in [4.78, 5) is 1.08. The van der Waals surface area contributed by atoms with Crippen LogP contribution in [0.5, 0.6) is 11.5 Å². The fourth-order valence-corrected chi connectivity index (χ4v) is 6.69. The summed E-state index contributed by atoms with van der Waals surface area (Å²) < 4.78 is 44.9. The Bertz CT molecular complexity index is 1120. The summed E-state index contributed by atoms with van der Waals surface area (Å²) in [6, 6.07) is 7.24. The number of fused-ring (bicyclic) bond motifs is 1. The highest BCUT2D eigenvalue weighted by atomic mass is 32.2. The zero-order valence-electron chi connectivity index (χ0n) is 16.6. The second-order valence-corrected chi connectivity index (χ2v) is 9.65. The van der Waals surface area contributed by atoms with Crippen molar-refractivity contribution in [1.82, 2.24) is 9.46 Å². The van der Waals surface area contributed by atoms with Gasteiger partial charge in [0, 0.05) is 11.4 Å². The minimum Gasteiger partial charge on any atom is -0.493 e. The highest BCUT2D eigenvalue weighted by molar-refractivity contribution is 7.89. The molecule has 0 radical (unpaired) electrons. The van der Waals surface area contributed by atoms with Gasteiger partial charge in [-0.25, -0.2) is 8.42 Å². The van der Waals surface area contributed by atoms with E-state index in [1.165, 1.54) is 11.3 Å². The van der Waals surface area contributed by atoms with Crippen LogP contribution in [-0.2, 0) is 16.4 Å². The van der Waals surface area contributed by atoms with Gasteiger partial charge in [-0.15, -0.1) is 11.3 Å². The maximum absolute atomic E-state index is 13.7. The molecule has 0 saturated heterocycles. The van der Waals surface area contributed by atoms with Crippen LogP contribution in [0.1, 0.15) is 33.5 Å². The van der Waals surface area contributed by atoms with Crippen molar-refractivity contribution in [2.24, 2.45) is 0 Å². The van der Waals surface area contributed by atoms with Gasteiger partial charge in [-0.2, -0.15) is 4.31 Å². The number of aromatic nitrogens is 1. The minimum absolute atomic E-state index is 0.142. The molecule has 0 saturated carbocycles. The molecule has 0 fully saturated rings. The Morgan fingerprint density at radius 3 is 2.52 bits per heavy atom. The van der Waals surface area contributed by atoms with E-state index in [1.807, 2.05) is 29.6 Å². The van der Waals surface area contributed by atoms with Gasteiger partial charge in [0.05, 0.1) is 20.3 Å². The number of aryl methyl sites for hydroxylation is 2. The minimum atomic E-state index is -3.82. The van der Waals surface area contributed by atoms with E-state index < -0.39 is 16.1 Å². The van der Waals surface area contributed by atoms with Crippen molar-refractivity contribution in [1.29, 1.82) is 0 Å². The first kappa shape index (κ1) is 19.9. The van der Waals surface area contributed by atoms with Crippen LogP contribution >= 0.6 is 11.3 Å². The first-order chi connectivity index (χ1) is 13.9. The molecule has 1 aliphatic rings. The van der Waals surface area contributed by atoms with E-state index in [2.05, 4.69) is 5.16 Å². The lowest BCUT2D eigenvalue weighted by molar-refractivity contribution is 0.333. The average molecular weight is 435 g/mol. The maximum atomic E-state index is 13.7. The van der Waals surface area contributed by atoms with Crippen LogP contribution in [-0.4, -0.2) is 38.6 Å². The predicted molar refractivity (Wildman–Crippen MR) is 109 cm³/mol. The van der Waals surface area contributed by atoms with E-state index >= 15 is 0 Å². The lowest BCUT2D eigenvalue weighted by Crippen LogP contribution is -2.40. The van der Waals surface area contributed by atoms with Crippen molar-refractivity contribution < 1.29 is 22.4 Å². The predicted octanol–water partition coefficient (Wildman–Crippen LogP) is 3.71. The van der Waals surface area contributed by atoms with E-state index in [9.17, 15) is 8.42 Å².